The second-order valence-electron chi connectivity index (χ2n) is 5.24. The highest BCUT2D eigenvalue weighted by atomic mass is 15.2. The number of piperidine rings is 1. The van der Waals surface area contributed by atoms with Gasteiger partial charge in [0.2, 0.25) is 0 Å². The van der Waals surface area contributed by atoms with Crippen molar-refractivity contribution < 1.29 is 0 Å². The first kappa shape index (κ1) is 14.1. The van der Waals surface area contributed by atoms with E-state index in [0.29, 0.717) is 0 Å². The largest absolute Gasteiger partial charge is 0.370 e. The van der Waals surface area contributed by atoms with Gasteiger partial charge in [-0.2, -0.15) is 0 Å². The van der Waals surface area contributed by atoms with Gasteiger partial charge in [0, 0.05) is 31.7 Å². The number of aromatic nitrogens is 2. The van der Waals surface area contributed by atoms with E-state index in [4.69, 9.17) is 5.73 Å². The van der Waals surface area contributed by atoms with Crippen molar-refractivity contribution in [1.82, 2.24) is 9.97 Å². The summed E-state index contributed by atoms with van der Waals surface area (Å²) in [7, 11) is 0. The Kier molecular flexibility index (Phi) is 5.39. The fourth-order valence-corrected chi connectivity index (χ4v) is 2.43. The number of nitrogens with one attached hydrogen (secondary N) is 1. The smallest absolute Gasteiger partial charge is 0.134 e. The number of hydrogen-bond acceptors (Lipinski definition) is 5. The van der Waals surface area contributed by atoms with Gasteiger partial charge in [0.15, 0.2) is 0 Å². The topological polar surface area (TPSA) is 67.1 Å². The Hall–Kier alpha value is -1.36. The number of nitrogens with zero attached hydrogens (tertiary/aromatic N) is 3. The van der Waals surface area contributed by atoms with Crippen LogP contribution in [0.25, 0.3) is 0 Å². The summed E-state index contributed by atoms with van der Waals surface area (Å²) in [6, 6.07) is 2.30. The van der Waals surface area contributed by atoms with Crippen molar-refractivity contribution in [2.75, 3.05) is 29.9 Å². The molecule has 0 bridgehead atoms. The summed E-state index contributed by atoms with van der Waals surface area (Å²) in [4.78, 5) is 10.9. The summed E-state index contributed by atoms with van der Waals surface area (Å²) in [5.74, 6) is 1.91. The Morgan fingerprint density at radius 2 is 2.32 bits per heavy atom. The van der Waals surface area contributed by atoms with Crippen LogP contribution >= 0.6 is 0 Å². The summed E-state index contributed by atoms with van der Waals surface area (Å²) >= 11 is 0. The second kappa shape index (κ2) is 7.28. The lowest BCUT2D eigenvalue weighted by atomic mass is 10.1. The first-order valence-corrected chi connectivity index (χ1v) is 7.36. The molecule has 1 aromatic heterocycles. The summed E-state index contributed by atoms with van der Waals surface area (Å²) < 4.78 is 0. The molecule has 3 N–H and O–H groups in total. The highest BCUT2D eigenvalue weighted by molar-refractivity contribution is 5.48. The van der Waals surface area contributed by atoms with Gasteiger partial charge >= 0.3 is 0 Å². The quantitative estimate of drug-likeness (QED) is 0.768. The fourth-order valence-electron chi connectivity index (χ4n) is 2.43. The minimum Gasteiger partial charge on any atom is -0.370 e. The second-order valence-corrected chi connectivity index (χ2v) is 5.24. The van der Waals surface area contributed by atoms with Gasteiger partial charge in [-0.15, -0.1) is 0 Å². The summed E-state index contributed by atoms with van der Waals surface area (Å²) in [5.41, 5.74) is 6.01. The molecule has 106 valence electrons. The Balaban J connectivity index is 1.90. The third-order valence-electron chi connectivity index (χ3n) is 3.52. The molecule has 1 atom stereocenters. The van der Waals surface area contributed by atoms with E-state index >= 15 is 0 Å². The third-order valence-corrected chi connectivity index (χ3v) is 3.52. The number of anilines is 2. The molecule has 1 fully saturated rings. The molecule has 1 unspecified atom stereocenters. The highest BCUT2D eigenvalue weighted by Crippen LogP contribution is 2.18. The average molecular weight is 263 g/mol. The minimum absolute atomic E-state index is 0.268. The van der Waals surface area contributed by atoms with Crippen molar-refractivity contribution in [3.8, 4) is 0 Å². The lowest BCUT2D eigenvalue weighted by Crippen LogP contribution is -2.43. The predicted octanol–water partition coefficient (Wildman–Crippen LogP) is 2.01. The van der Waals surface area contributed by atoms with Crippen LogP contribution in [-0.4, -0.2) is 35.6 Å². The molecule has 1 saturated heterocycles. The van der Waals surface area contributed by atoms with Gasteiger partial charge in [-0.3, -0.25) is 0 Å². The molecule has 5 nitrogen and oxygen atoms in total. The van der Waals surface area contributed by atoms with Gasteiger partial charge in [-0.1, -0.05) is 19.8 Å². The van der Waals surface area contributed by atoms with Gasteiger partial charge in [0.1, 0.15) is 18.0 Å². The summed E-state index contributed by atoms with van der Waals surface area (Å²) in [6.45, 7) is 5.12. The van der Waals surface area contributed by atoms with E-state index in [0.717, 1.165) is 44.1 Å². The molecule has 19 heavy (non-hydrogen) atoms. The monoisotopic (exact) mass is 263 g/mol. The van der Waals surface area contributed by atoms with Crippen LogP contribution in [0.2, 0.25) is 0 Å². The Labute approximate surface area is 115 Å². The van der Waals surface area contributed by atoms with Crippen LogP contribution in [0.4, 0.5) is 11.6 Å². The van der Waals surface area contributed by atoms with Gasteiger partial charge in [0.25, 0.3) is 0 Å². The summed E-state index contributed by atoms with van der Waals surface area (Å²) in [5, 5.41) is 3.36. The average Bonchev–Trinajstić information content (AvgIpc) is 2.44. The minimum atomic E-state index is 0.268. The van der Waals surface area contributed by atoms with Crippen molar-refractivity contribution in [2.45, 2.75) is 45.1 Å². The van der Waals surface area contributed by atoms with Crippen LogP contribution in [0.1, 0.15) is 39.0 Å². The molecule has 1 aliphatic heterocycles. The normalized spacial score (nSPS) is 19.5. The molecule has 0 aliphatic carbocycles. The summed E-state index contributed by atoms with van der Waals surface area (Å²) in [6.07, 6.45) is 7.57. The van der Waals surface area contributed by atoms with Crippen molar-refractivity contribution in [2.24, 2.45) is 5.73 Å². The van der Waals surface area contributed by atoms with E-state index in [1.54, 1.807) is 6.33 Å². The van der Waals surface area contributed by atoms with Crippen molar-refractivity contribution in [1.29, 1.82) is 0 Å². The maximum atomic E-state index is 6.01. The van der Waals surface area contributed by atoms with E-state index in [-0.39, 0.29) is 6.04 Å². The molecule has 0 aromatic carbocycles. The number of rotatable bonds is 6. The van der Waals surface area contributed by atoms with Crippen molar-refractivity contribution in [3.05, 3.63) is 12.4 Å². The number of nitrogens with two attached hydrogens (primary N) is 1. The molecule has 1 aromatic rings. The molecular formula is C14H25N5. The van der Waals surface area contributed by atoms with Gasteiger partial charge in [-0.05, 0) is 19.3 Å². The van der Waals surface area contributed by atoms with Crippen LogP contribution in [0.15, 0.2) is 12.4 Å². The molecular weight excluding hydrogens is 238 g/mol. The van der Waals surface area contributed by atoms with Crippen LogP contribution in [0, 0.1) is 0 Å². The maximum absolute atomic E-state index is 6.01. The van der Waals surface area contributed by atoms with Crippen molar-refractivity contribution >= 4 is 11.6 Å². The molecule has 0 spiro atoms. The number of hydrogen-bond donors (Lipinski definition) is 2. The predicted molar refractivity (Wildman–Crippen MR) is 79.5 cm³/mol. The van der Waals surface area contributed by atoms with E-state index in [9.17, 15) is 0 Å². The lowest BCUT2D eigenvalue weighted by molar-refractivity contribution is 0.503. The van der Waals surface area contributed by atoms with Crippen molar-refractivity contribution in [3.63, 3.8) is 0 Å². The molecule has 1 aliphatic rings. The van der Waals surface area contributed by atoms with Crippen LogP contribution < -0.4 is 16.0 Å². The zero-order valence-corrected chi connectivity index (χ0v) is 11.8. The van der Waals surface area contributed by atoms with Gasteiger partial charge in [-0.25, -0.2) is 9.97 Å². The van der Waals surface area contributed by atoms with E-state index in [1.165, 1.54) is 19.3 Å². The Morgan fingerprint density at radius 1 is 1.42 bits per heavy atom. The van der Waals surface area contributed by atoms with E-state index < -0.39 is 0 Å². The zero-order chi connectivity index (χ0) is 13.5. The molecule has 0 saturated carbocycles. The fraction of sp³-hybridized carbons (Fsp3) is 0.714. The molecule has 0 radical (unpaired) electrons. The van der Waals surface area contributed by atoms with E-state index in [2.05, 4.69) is 27.1 Å². The molecule has 5 heteroatoms. The van der Waals surface area contributed by atoms with E-state index in [1.807, 2.05) is 6.07 Å². The van der Waals surface area contributed by atoms with Gasteiger partial charge < -0.3 is 16.0 Å². The third kappa shape index (κ3) is 4.35. The Morgan fingerprint density at radius 3 is 3.11 bits per heavy atom. The van der Waals surface area contributed by atoms with Crippen LogP contribution in [0.3, 0.4) is 0 Å². The van der Waals surface area contributed by atoms with Gasteiger partial charge in [0.05, 0.1) is 0 Å². The SMILES string of the molecule is CCCCCNc1cc(N2CCCC(N)C2)ncn1. The number of unbranched alkanes of at least 4 members (excludes halogenated alkanes) is 2. The lowest BCUT2D eigenvalue weighted by Gasteiger charge is -2.31. The Bertz CT molecular complexity index is 382. The first-order chi connectivity index (χ1) is 9.29. The zero-order valence-electron chi connectivity index (χ0n) is 11.8. The molecule has 0 amide bonds. The van der Waals surface area contributed by atoms with Crippen LogP contribution in [-0.2, 0) is 0 Å². The first-order valence-electron chi connectivity index (χ1n) is 7.36. The van der Waals surface area contributed by atoms with Crippen LogP contribution in [0.5, 0.6) is 0 Å². The standard InChI is InChI=1S/C14H25N5/c1-2-3-4-7-16-13-9-14(18-11-17-13)19-8-5-6-12(15)10-19/h9,11-12H,2-8,10,15H2,1H3,(H,16,17,18). The maximum Gasteiger partial charge on any atom is 0.134 e. The molecule has 2 heterocycles. The molecule has 2 rings (SSSR count). The highest BCUT2D eigenvalue weighted by Gasteiger charge is 2.18.